The molecule has 0 aliphatic heterocycles. The van der Waals surface area contributed by atoms with Gasteiger partial charge < -0.3 is 19.3 Å². The first-order chi connectivity index (χ1) is 8.01. The van der Waals surface area contributed by atoms with Crippen LogP contribution in [0.15, 0.2) is 12.1 Å². The van der Waals surface area contributed by atoms with Gasteiger partial charge in [0, 0.05) is 6.92 Å². The lowest BCUT2D eigenvalue weighted by Gasteiger charge is -2.11. The molecule has 0 aliphatic carbocycles. The maximum absolute atomic E-state index is 11.4. The second-order valence-corrected chi connectivity index (χ2v) is 3.08. The summed E-state index contributed by atoms with van der Waals surface area (Å²) in [6, 6.07) is 2.71. The molecule has 0 amide bonds. The molecule has 0 saturated carbocycles. The highest BCUT2D eigenvalue weighted by Crippen LogP contribution is 2.39. The highest BCUT2D eigenvalue weighted by molar-refractivity contribution is 5.95. The van der Waals surface area contributed by atoms with Crippen molar-refractivity contribution in [1.82, 2.24) is 0 Å². The topological polar surface area (TPSA) is 82.1 Å². The molecule has 0 fully saturated rings. The van der Waals surface area contributed by atoms with Gasteiger partial charge in [-0.15, -0.1) is 0 Å². The number of methoxy groups -OCH3 is 2. The van der Waals surface area contributed by atoms with E-state index in [1.807, 2.05) is 0 Å². The van der Waals surface area contributed by atoms with Gasteiger partial charge in [0.05, 0.1) is 14.2 Å². The third-order valence-electron chi connectivity index (χ3n) is 1.97. The molecular formula is C11H12O6. The Kier molecular flexibility index (Phi) is 3.92. The van der Waals surface area contributed by atoms with E-state index in [-0.39, 0.29) is 17.1 Å². The number of benzene rings is 1. The van der Waals surface area contributed by atoms with Crippen molar-refractivity contribution in [3.63, 3.8) is 0 Å². The molecular weight excluding hydrogens is 228 g/mol. The Balaban J connectivity index is 3.35. The summed E-state index contributed by atoms with van der Waals surface area (Å²) in [5.74, 6) is -2.00. The lowest BCUT2D eigenvalue weighted by Crippen LogP contribution is -2.09. The molecule has 0 saturated heterocycles. The van der Waals surface area contributed by atoms with Gasteiger partial charge in [-0.2, -0.15) is 0 Å². The van der Waals surface area contributed by atoms with E-state index in [2.05, 4.69) is 4.74 Å². The van der Waals surface area contributed by atoms with Gasteiger partial charge in [-0.05, 0) is 12.1 Å². The maximum Gasteiger partial charge on any atom is 0.341 e. The number of ether oxygens (including phenoxy) is 3. The number of rotatable bonds is 3. The molecule has 1 aromatic rings. The van der Waals surface area contributed by atoms with E-state index in [1.54, 1.807) is 0 Å². The van der Waals surface area contributed by atoms with Crippen LogP contribution >= 0.6 is 0 Å². The summed E-state index contributed by atoms with van der Waals surface area (Å²) >= 11 is 0. The summed E-state index contributed by atoms with van der Waals surface area (Å²) in [6.45, 7) is 1.15. The molecule has 0 radical (unpaired) electrons. The minimum absolute atomic E-state index is 0.0546. The average Bonchev–Trinajstić information content (AvgIpc) is 2.30. The quantitative estimate of drug-likeness (QED) is 0.629. The van der Waals surface area contributed by atoms with Crippen LogP contribution in [0.2, 0.25) is 0 Å². The van der Waals surface area contributed by atoms with Gasteiger partial charge in [0.25, 0.3) is 0 Å². The predicted octanol–water partition coefficient (Wildman–Crippen LogP) is 1.11. The summed E-state index contributed by atoms with van der Waals surface area (Å²) in [6.07, 6.45) is 0. The zero-order chi connectivity index (χ0) is 13.0. The van der Waals surface area contributed by atoms with E-state index in [9.17, 15) is 14.7 Å². The van der Waals surface area contributed by atoms with Crippen LogP contribution in [0.25, 0.3) is 0 Å². The standard InChI is InChI=1S/C11H12O6/c1-6(12)17-10-7(11(14)16-3)4-5-8(15-2)9(10)13/h4-5,13H,1-3H3. The van der Waals surface area contributed by atoms with Gasteiger partial charge in [-0.1, -0.05) is 0 Å². The van der Waals surface area contributed by atoms with Crippen LogP contribution in [0.3, 0.4) is 0 Å². The third kappa shape index (κ3) is 2.66. The minimum atomic E-state index is -0.723. The molecule has 92 valence electrons. The zero-order valence-electron chi connectivity index (χ0n) is 9.64. The average molecular weight is 240 g/mol. The Morgan fingerprint density at radius 2 is 1.88 bits per heavy atom. The zero-order valence-corrected chi connectivity index (χ0v) is 9.64. The SMILES string of the molecule is COC(=O)c1ccc(OC)c(O)c1OC(C)=O. The minimum Gasteiger partial charge on any atom is -0.502 e. The molecule has 1 N–H and O–H groups in total. The van der Waals surface area contributed by atoms with Crippen molar-refractivity contribution in [3.8, 4) is 17.2 Å². The monoisotopic (exact) mass is 240 g/mol. The molecule has 0 bridgehead atoms. The van der Waals surface area contributed by atoms with Gasteiger partial charge in [0.1, 0.15) is 5.56 Å². The van der Waals surface area contributed by atoms with Crippen LogP contribution in [0.5, 0.6) is 17.2 Å². The molecule has 1 aromatic carbocycles. The highest BCUT2D eigenvalue weighted by Gasteiger charge is 2.21. The number of esters is 2. The Labute approximate surface area is 97.7 Å². The van der Waals surface area contributed by atoms with Crippen LogP contribution in [0, 0.1) is 0 Å². The first kappa shape index (κ1) is 12.8. The van der Waals surface area contributed by atoms with Crippen molar-refractivity contribution < 1.29 is 28.9 Å². The molecule has 6 nitrogen and oxygen atoms in total. The number of phenols is 1. The highest BCUT2D eigenvalue weighted by atomic mass is 16.6. The summed E-state index contributed by atoms with van der Waals surface area (Å²) in [5, 5.41) is 9.75. The van der Waals surface area contributed by atoms with Crippen molar-refractivity contribution in [2.75, 3.05) is 14.2 Å². The number of hydrogen-bond acceptors (Lipinski definition) is 6. The number of phenolic OH excluding ortho intramolecular Hbond substituents is 1. The van der Waals surface area contributed by atoms with Gasteiger partial charge in [0.2, 0.25) is 5.75 Å². The molecule has 1 rings (SSSR count). The Bertz CT molecular complexity index is 452. The second-order valence-electron chi connectivity index (χ2n) is 3.08. The van der Waals surface area contributed by atoms with Crippen molar-refractivity contribution in [1.29, 1.82) is 0 Å². The van der Waals surface area contributed by atoms with E-state index in [0.29, 0.717) is 0 Å². The van der Waals surface area contributed by atoms with Crippen molar-refractivity contribution in [3.05, 3.63) is 17.7 Å². The molecule has 0 atom stereocenters. The van der Waals surface area contributed by atoms with Gasteiger partial charge in [-0.25, -0.2) is 4.79 Å². The number of carbonyl (C=O) groups is 2. The molecule has 0 spiro atoms. The summed E-state index contributed by atoms with van der Waals surface area (Å²) in [7, 11) is 2.52. The Hall–Kier alpha value is -2.24. The van der Waals surface area contributed by atoms with Crippen molar-refractivity contribution in [2.45, 2.75) is 6.92 Å². The largest absolute Gasteiger partial charge is 0.502 e. The molecule has 0 aliphatic rings. The third-order valence-corrected chi connectivity index (χ3v) is 1.97. The maximum atomic E-state index is 11.4. The van der Waals surface area contributed by atoms with Crippen LogP contribution in [-0.4, -0.2) is 31.3 Å². The lowest BCUT2D eigenvalue weighted by molar-refractivity contribution is -0.132. The molecule has 0 aromatic heterocycles. The fraction of sp³-hybridized carbons (Fsp3) is 0.273. The first-order valence-corrected chi connectivity index (χ1v) is 4.68. The van der Waals surface area contributed by atoms with E-state index >= 15 is 0 Å². The second kappa shape index (κ2) is 5.20. The normalized spacial score (nSPS) is 9.59. The van der Waals surface area contributed by atoms with Gasteiger partial charge >= 0.3 is 11.9 Å². The van der Waals surface area contributed by atoms with E-state index in [1.165, 1.54) is 26.4 Å². The summed E-state index contributed by atoms with van der Waals surface area (Å²) in [5.41, 5.74) is -0.0546. The Morgan fingerprint density at radius 1 is 1.24 bits per heavy atom. The van der Waals surface area contributed by atoms with Crippen LogP contribution < -0.4 is 9.47 Å². The van der Waals surface area contributed by atoms with Gasteiger partial charge in [0.15, 0.2) is 11.5 Å². The fourth-order valence-electron chi connectivity index (χ4n) is 1.24. The number of carbonyl (C=O) groups excluding carboxylic acids is 2. The van der Waals surface area contributed by atoms with Gasteiger partial charge in [-0.3, -0.25) is 4.79 Å². The molecule has 6 heteroatoms. The smallest absolute Gasteiger partial charge is 0.341 e. The van der Waals surface area contributed by atoms with Crippen molar-refractivity contribution >= 4 is 11.9 Å². The molecule has 0 unspecified atom stereocenters. The number of aromatic hydroxyl groups is 1. The Morgan fingerprint density at radius 3 is 2.35 bits per heavy atom. The molecule has 0 heterocycles. The summed E-state index contributed by atoms with van der Waals surface area (Å²) < 4.78 is 14.1. The fourth-order valence-corrected chi connectivity index (χ4v) is 1.24. The molecule has 17 heavy (non-hydrogen) atoms. The number of hydrogen-bond donors (Lipinski definition) is 1. The summed E-state index contributed by atoms with van der Waals surface area (Å²) in [4.78, 5) is 22.3. The lowest BCUT2D eigenvalue weighted by atomic mass is 10.1. The van der Waals surface area contributed by atoms with Crippen LogP contribution in [-0.2, 0) is 9.53 Å². The predicted molar refractivity (Wildman–Crippen MR) is 57.3 cm³/mol. The first-order valence-electron chi connectivity index (χ1n) is 4.68. The van der Waals surface area contributed by atoms with Crippen molar-refractivity contribution in [2.24, 2.45) is 0 Å². The van der Waals surface area contributed by atoms with E-state index in [0.717, 1.165) is 6.92 Å². The van der Waals surface area contributed by atoms with E-state index in [4.69, 9.17) is 9.47 Å². The van der Waals surface area contributed by atoms with Crippen LogP contribution in [0.1, 0.15) is 17.3 Å². The van der Waals surface area contributed by atoms with Crippen LogP contribution in [0.4, 0.5) is 0 Å². The van der Waals surface area contributed by atoms with E-state index < -0.39 is 17.7 Å².